The number of rotatable bonds is 9. The molecule has 2 aliphatic heterocycles. The molecule has 0 aliphatic carbocycles. The smallest absolute Gasteiger partial charge is 0.407 e. The molecule has 1 fully saturated rings. The van der Waals surface area contributed by atoms with Gasteiger partial charge in [-0.1, -0.05) is 12.1 Å². The number of fused-ring (bicyclic) bond motifs is 1. The minimum atomic E-state index is -4.49. The van der Waals surface area contributed by atoms with Gasteiger partial charge in [0.15, 0.2) is 5.03 Å². The van der Waals surface area contributed by atoms with Crippen molar-refractivity contribution in [2.45, 2.75) is 75.6 Å². The number of halogens is 1. The van der Waals surface area contributed by atoms with Gasteiger partial charge in [0.2, 0.25) is 5.95 Å². The second-order valence-electron chi connectivity index (χ2n) is 12.5. The molecule has 2 amide bonds. The molecule has 1 unspecified atom stereocenters. The third-order valence-electron chi connectivity index (χ3n) is 8.35. The first-order chi connectivity index (χ1) is 21.2. The first-order valence-corrected chi connectivity index (χ1v) is 16.2. The molecule has 3 aromatic heterocycles. The van der Waals surface area contributed by atoms with E-state index in [2.05, 4.69) is 20.3 Å². The highest BCUT2D eigenvalue weighted by Crippen LogP contribution is 2.37. The number of ether oxygens (including phenoxy) is 1. The molecular formula is C31H37FN6O6S. The maximum Gasteiger partial charge on any atom is 0.407 e. The predicted octanol–water partition coefficient (Wildman–Crippen LogP) is 4.65. The van der Waals surface area contributed by atoms with Crippen molar-refractivity contribution < 1.29 is 32.2 Å². The van der Waals surface area contributed by atoms with Crippen LogP contribution in [0.3, 0.4) is 0 Å². The zero-order valence-electron chi connectivity index (χ0n) is 25.6. The van der Waals surface area contributed by atoms with Gasteiger partial charge in [0.25, 0.3) is 15.9 Å². The van der Waals surface area contributed by atoms with Crippen molar-refractivity contribution in [3.8, 4) is 0 Å². The lowest BCUT2D eigenvalue weighted by Gasteiger charge is -2.31. The number of nitrogens with one attached hydrogen (secondary N) is 2. The number of aromatic nitrogens is 3. The topological polar surface area (TPSA) is 164 Å². The summed E-state index contributed by atoms with van der Waals surface area (Å²) >= 11 is 0. The molecule has 5 rings (SSSR count). The Morgan fingerprint density at radius 1 is 1.16 bits per heavy atom. The molecule has 0 spiro atoms. The number of carbonyl (C=O) groups excluding carboxylic acids is 1. The Balaban J connectivity index is 1.32. The Bertz CT molecular complexity index is 1700. The lowest BCUT2D eigenvalue weighted by Crippen LogP contribution is -2.41. The van der Waals surface area contributed by atoms with E-state index in [0.29, 0.717) is 55.8 Å². The monoisotopic (exact) mass is 640 g/mol. The number of pyridine rings is 3. The quantitative estimate of drug-likeness (QED) is 0.281. The molecule has 12 nitrogen and oxygen atoms in total. The van der Waals surface area contributed by atoms with E-state index in [9.17, 15) is 27.5 Å². The van der Waals surface area contributed by atoms with Crippen LogP contribution in [0.4, 0.5) is 15.0 Å². The second kappa shape index (κ2) is 12.3. The Labute approximate surface area is 261 Å². The number of sulfonamides is 1. The summed E-state index contributed by atoms with van der Waals surface area (Å²) in [6, 6.07) is 10.7. The fourth-order valence-corrected chi connectivity index (χ4v) is 7.07. The molecule has 2 aliphatic rings. The SMILES string of the molecule is CC1(C)OCCc2cc(C(=O)NS(=O)(=O)c3cccc(NC(CC[C@@H]4CN(C(=O)O)C(C)(C)C4)c4ccccn4)n3)c(F)nc21. The average molecular weight is 641 g/mol. The van der Waals surface area contributed by atoms with Crippen molar-refractivity contribution in [1.82, 2.24) is 24.6 Å². The summed E-state index contributed by atoms with van der Waals surface area (Å²) in [6.45, 7) is 8.10. The maximum absolute atomic E-state index is 14.9. The lowest BCUT2D eigenvalue weighted by molar-refractivity contribution is -0.0357. The van der Waals surface area contributed by atoms with Crippen LogP contribution in [0.25, 0.3) is 0 Å². The van der Waals surface area contributed by atoms with E-state index in [4.69, 9.17) is 4.74 Å². The molecule has 0 radical (unpaired) electrons. The second-order valence-corrected chi connectivity index (χ2v) is 14.2. The predicted molar refractivity (Wildman–Crippen MR) is 163 cm³/mol. The Morgan fingerprint density at radius 3 is 2.62 bits per heavy atom. The van der Waals surface area contributed by atoms with Crippen molar-refractivity contribution in [2.24, 2.45) is 5.92 Å². The lowest BCUT2D eigenvalue weighted by atomic mass is 9.91. The van der Waals surface area contributed by atoms with Gasteiger partial charge in [0, 0.05) is 18.3 Å². The summed E-state index contributed by atoms with van der Waals surface area (Å²) in [5.74, 6) is -1.90. The molecule has 3 aromatic rings. The van der Waals surface area contributed by atoms with E-state index in [1.165, 1.54) is 23.1 Å². The van der Waals surface area contributed by atoms with Crippen LogP contribution in [0.15, 0.2) is 53.7 Å². The first kappa shape index (κ1) is 32.2. The van der Waals surface area contributed by atoms with Gasteiger partial charge < -0.3 is 20.1 Å². The summed E-state index contributed by atoms with van der Waals surface area (Å²) < 4.78 is 48.9. The summed E-state index contributed by atoms with van der Waals surface area (Å²) in [7, 11) is -4.49. The van der Waals surface area contributed by atoms with Gasteiger partial charge in [-0.3, -0.25) is 9.78 Å². The zero-order valence-corrected chi connectivity index (χ0v) is 26.4. The van der Waals surface area contributed by atoms with Gasteiger partial charge in [0.05, 0.1) is 29.6 Å². The van der Waals surface area contributed by atoms with Crippen molar-refractivity contribution >= 4 is 27.8 Å². The summed E-state index contributed by atoms with van der Waals surface area (Å²) in [4.78, 5) is 38.8. The van der Waals surface area contributed by atoms with Crippen molar-refractivity contribution in [3.05, 3.63) is 77.1 Å². The zero-order chi connectivity index (χ0) is 32.6. The Morgan fingerprint density at radius 2 is 1.93 bits per heavy atom. The van der Waals surface area contributed by atoms with E-state index in [1.54, 1.807) is 32.2 Å². The number of amides is 2. The highest BCUT2D eigenvalue weighted by molar-refractivity contribution is 7.90. The van der Waals surface area contributed by atoms with Gasteiger partial charge in [-0.25, -0.2) is 19.5 Å². The van der Waals surface area contributed by atoms with Crippen LogP contribution in [-0.4, -0.2) is 64.1 Å². The molecule has 45 heavy (non-hydrogen) atoms. The molecule has 0 aromatic carbocycles. The van der Waals surface area contributed by atoms with Gasteiger partial charge in [-0.2, -0.15) is 12.8 Å². The van der Waals surface area contributed by atoms with Crippen molar-refractivity contribution in [1.29, 1.82) is 0 Å². The van der Waals surface area contributed by atoms with E-state index in [-0.39, 0.29) is 17.8 Å². The molecule has 14 heteroatoms. The molecule has 0 bridgehead atoms. The Hall–Kier alpha value is -4.17. The van der Waals surface area contributed by atoms with Crippen LogP contribution in [0.2, 0.25) is 0 Å². The van der Waals surface area contributed by atoms with Crippen LogP contribution in [0.1, 0.15) is 80.3 Å². The fraction of sp³-hybridized carbons (Fsp3) is 0.452. The van der Waals surface area contributed by atoms with Gasteiger partial charge in [0.1, 0.15) is 11.4 Å². The Kier molecular flexibility index (Phi) is 8.82. The van der Waals surface area contributed by atoms with E-state index in [0.717, 1.165) is 0 Å². The number of anilines is 1. The number of hydrogen-bond donors (Lipinski definition) is 3. The third-order valence-corrected chi connectivity index (χ3v) is 9.58. The van der Waals surface area contributed by atoms with Gasteiger partial charge in [-0.15, -0.1) is 0 Å². The van der Waals surface area contributed by atoms with Crippen LogP contribution in [0, 0.1) is 11.9 Å². The number of nitrogens with zero attached hydrogens (tertiary/aromatic N) is 4. The van der Waals surface area contributed by atoms with E-state index < -0.39 is 49.7 Å². The van der Waals surface area contributed by atoms with Gasteiger partial charge >= 0.3 is 6.09 Å². The molecule has 0 saturated carbocycles. The highest BCUT2D eigenvalue weighted by atomic mass is 32.2. The van der Waals surface area contributed by atoms with Crippen molar-refractivity contribution in [3.63, 3.8) is 0 Å². The largest absolute Gasteiger partial charge is 0.465 e. The summed E-state index contributed by atoms with van der Waals surface area (Å²) in [5, 5.41) is 12.4. The number of hydrogen-bond acceptors (Lipinski definition) is 9. The average Bonchev–Trinajstić information content (AvgIpc) is 3.29. The molecular weight excluding hydrogens is 603 g/mol. The standard InChI is InChI=1S/C31H37FN6O6S/c1-30(2)17-19(18-38(30)29(40)41)11-12-23(22-8-5-6-14-33-22)34-24-9-7-10-25(35-24)45(42,43)37-28(39)21-16-20-13-15-44-31(3,4)26(20)36-27(21)32/h5-10,14,16,19,23H,11-13,15,17-18H2,1-4H3,(H,34,35)(H,37,39)(H,40,41)/t19-,23?/m0/s1. The maximum atomic E-state index is 14.9. The molecule has 2 atom stereocenters. The number of likely N-dealkylation sites (tertiary alicyclic amines) is 1. The normalized spacial score (nSPS) is 19.4. The van der Waals surface area contributed by atoms with E-state index in [1.807, 2.05) is 30.7 Å². The van der Waals surface area contributed by atoms with Crippen molar-refractivity contribution in [2.75, 3.05) is 18.5 Å². The van der Waals surface area contributed by atoms with E-state index >= 15 is 0 Å². The number of carboxylic acid groups (broad SMARTS) is 1. The van der Waals surface area contributed by atoms with Gasteiger partial charge in [-0.05, 0) is 95.2 Å². The highest BCUT2D eigenvalue weighted by Gasteiger charge is 2.41. The molecule has 240 valence electrons. The minimum absolute atomic E-state index is 0.135. The molecule has 5 heterocycles. The fourth-order valence-electron chi connectivity index (χ4n) is 6.14. The van der Waals surface area contributed by atoms with Crippen LogP contribution >= 0.6 is 0 Å². The minimum Gasteiger partial charge on any atom is -0.465 e. The summed E-state index contributed by atoms with van der Waals surface area (Å²) in [5.41, 5.74) is -0.121. The van der Waals surface area contributed by atoms with Crippen LogP contribution in [0.5, 0.6) is 0 Å². The van der Waals surface area contributed by atoms with Crippen LogP contribution < -0.4 is 10.0 Å². The number of carbonyl (C=O) groups is 2. The van der Waals surface area contributed by atoms with Crippen LogP contribution in [-0.2, 0) is 26.8 Å². The molecule has 3 N–H and O–H groups in total. The molecule has 1 saturated heterocycles. The summed E-state index contributed by atoms with van der Waals surface area (Å²) in [6.07, 6.45) is 3.10. The first-order valence-electron chi connectivity index (χ1n) is 14.7. The third kappa shape index (κ3) is 7.06.